The van der Waals surface area contributed by atoms with Crippen LogP contribution in [-0.2, 0) is 0 Å². The SMILES string of the molecule is COc1ccc(C(=O)Nc2n[nH]c3cc(-c4cc(F)ccc4OC)ccc23)c(OC)c1. The predicted octanol–water partition coefficient (Wildman–Crippen LogP) is 4.65. The Morgan fingerprint density at radius 2 is 1.74 bits per heavy atom. The molecule has 0 unspecified atom stereocenters. The second-order valence-electron chi connectivity index (χ2n) is 6.70. The molecule has 4 rings (SSSR count). The molecule has 1 heterocycles. The van der Waals surface area contributed by atoms with Crippen molar-refractivity contribution in [3.05, 3.63) is 66.0 Å². The van der Waals surface area contributed by atoms with Crippen LogP contribution in [0.25, 0.3) is 22.0 Å². The number of benzene rings is 3. The van der Waals surface area contributed by atoms with Gasteiger partial charge in [0.25, 0.3) is 5.91 Å². The quantitative estimate of drug-likeness (QED) is 0.473. The lowest BCUT2D eigenvalue weighted by molar-refractivity contribution is 0.102. The van der Waals surface area contributed by atoms with Gasteiger partial charge in [0.2, 0.25) is 0 Å². The number of anilines is 1. The first-order valence-corrected chi connectivity index (χ1v) is 9.39. The number of H-pyrrole nitrogens is 1. The van der Waals surface area contributed by atoms with E-state index < -0.39 is 0 Å². The number of methoxy groups -OCH3 is 3. The minimum atomic E-state index is -0.372. The first-order valence-electron chi connectivity index (χ1n) is 9.39. The maximum absolute atomic E-state index is 13.8. The molecule has 0 radical (unpaired) electrons. The van der Waals surface area contributed by atoms with Crippen LogP contribution >= 0.6 is 0 Å². The number of hydrogen-bond donors (Lipinski definition) is 2. The fourth-order valence-corrected chi connectivity index (χ4v) is 3.35. The van der Waals surface area contributed by atoms with Gasteiger partial charge in [-0.25, -0.2) is 4.39 Å². The lowest BCUT2D eigenvalue weighted by Gasteiger charge is -2.10. The maximum Gasteiger partial charge on any atom is 0.260 e. The highest BCUT2D eigenvalue weighted by atomic mass is 19.1. The average molecular weight is 421 g/mol. The Kier molecular flexibility index (Phi) is 5.44. The number of halogens is 1. The first kappa shape index (κ1) is 20.2. The van der Waals surface area contributed by atoms with E-state index in [4.69, 9.17) is 14.2 Å². The summed E-state index contributed by atoms with van der Waals surface area (Å²) >= 11 is 0. The van der Waals surface area contributed by atoms with Crippen LogP contribution in [0.5, 0.6) is 17.2 Å². The normalized spacial score (nSPS) is 10.7. The monoisotopic (exact) mass is 421 g/mol. The third-order valence-electron chi connectivity index (χ3n) is 4.92. The van der Waals surface area contributed by atoms with Crippen molar-refractivity contribution in [2.45, 2.75) is 0 Å². The van der Waals surface area contributed by atoms with Gasteiger partial charge >= 0.3 is 0 Å². The van der Waals surface area contributed by atoms with Gasteiger partial charge in [0.05, 0.1) is 32.4 Å². The van der Waals surface area contributed by atoms with E-state index in [-0.39, 0.29) is 11.7 Å². The van der Waals surface area contributed by atoms with E-state index in [9.17, 15) is 9.18 Å². The van der Waals surface area contributed by atoms with Gasteiger partial charge in [0.15, 0.2) is 5.82 Å². The van der Waals surface area contributed by atoms with Gasteiger partial charge in [-0.15, -0.1) is 0 Å². The number of carbonyl (C=O) groups excluding carboxylic acids is 1. The molecule has 8 heteroatoms. The Morgan fingerprint density at radius 3 is 2.48 bits per heavy atom. The zero-order chi connectivity index (χ0) is 22.0. The Labute approximate surface area is 177 Å². The zero-order valence-electron chi connectivity index (χ0n) is 17.2. The smallest absolute Gasteiger partial charge is 0.260 e. The molecule has 0 atom stereocenters. The van der Waals surface area contributed by atoms with Crippen LogP contribution in [0.3, 0.4) is 0 Å². The number of rotatable bonds is 6. The highest BCUT2D eigenvalue weighted by Gasteiger charge is 2.17. The van der Waals surface area contributed by atoms with Crippen LogP contribution in [0.4, 0.5) is 10.2 Å². The summed E-state index contributed by atoms with van der Waals surface area (Å²) in [6.45, 7) is 0. The average Bonchev–Trinajstić information content (AvgIpc) is 3.20. The number of nitrogens with one attached hydrogen (secondary N) is 2. The second kappa shape index (κ2) is 8.35. The van der Waals surface area contributed by atoms with Gasteiger partial charge in [-0.2, -0.15) is 5.10 Å². The van der Waals surface area contributed by atoms with Crippen LogP contribution in [0, 0.1) is 5.82 Å². The molecule has 4 aromatic rings. The topological polar surface area (TPSA) is 85.5 Å². The van der Waals surface area contributed by atoms with Gasteiger partial charge in [-0.3, -0.25) is 9.89 Å². The minimum absolute atomic E-state index is 0.348. The molecule has 0 fully saturated rings. The van der Waals surface area contributed by atoms with Crippen molar-refractivity contribution in [1.82, 2.24) is 10.2 Å². The molecule has 2 N–H and O–H groups in total. The van der Waals surface area contributed by atoms with Crippen LogP contribution in [-0.4, -0.2) is 37.4 Å². The van der Waals surface area contributed by atoms with Crippen molar-refractivity contribution in [3.63, 3.8) is 0 Å². The Bertz CT molecular complexity index is 1270. The van der Waals surface area contributed by atoms with Crippen LogP contribution in [0.1, 0.15) is 10.4 Å². The standard InChI is InChI=1S/C23H20FN3O4/c1-29-15-6-8-17(21(12-15)31-3)23(28)25-22-16-7-4-13(10-19(16)26-27-22)18-11-14(24)5-9-20(18)30-2/h4-12H,1-3H3,(H2,25,26,27,28). The summed E-state index contributed by atoms with van der Waals surface area (Å²) in [6.07, 6.45) is 0. The minimum Gasteiger partial charge on any atom is -0.497 e. The van der Waals surface area contributed by atoms with Gasteiger partial charge in [-0.05, 0) is 48.0 Å². The van der Waals surface area contributed by atoms with Crippen molar-refractivity contribution in [1.29, 1.82) is 0 Å². The zero-order valence-corrected chi connectivity index (χ0v) is 17.2. The molecule has 7 nitrogen and oxygen atoms in total. The first-order chi connectivity index (χ1) is 15.0. The predicted molar refractivity (Wildman–Crippen MR) is 116 cm³/mol. The van der Waals surface area contributed by atoms with Crippen molar-refractivity contribution in [2.75, 3.05) is 26.6 Å². The highest BCUT2D eigenvalue weighted by Crippen LogP contribution is 2.34. The maximum atomic E-state index is 13.8. The van der Waals surface area contributed by atoms with E-state index >= 15 is 0 Å². The molecule has 0 aliphatic heterocycles. The molecule has 1 aromatic heterocycles. The third kappa shape index (κ3) is 3.87. The van der Waals surface area contributed by atoms with E-state index in [0.717, 1.165) is 5.56 Å². The summed E-state index contributed by atoms with van der Waals surface area (Å²) in [5, 5.41) is 10.6. The molecule has 0 aliphatic carbocycles. The summed E-state index contributed by atoms with van der Waals surface area (Å²) in [6, 6.07) is 14.7. The third-order valence-corrected chi connectivity index (χ3v) is 4.92. The second-order valence-corrected chi connectivity index (χ2v) is 6.70. The molecular weight excluding hydrogens is 401 g/mol. The van der Waals surface area contributed by atoms with Crippen molar-refractivity contribution in [2.24, 2.45) is 0 Å². The van der Waals surface area contributed by atoms with Gasteiger partial charge in [0.1, 0.15) is 23.1 Å². The number of aromatic nitrogens is 2. The number of hydrogen-bond acceptors (Lipinski definition) is 5. The van der Waals surface area contributed by atoms with E-state index in [0.29, 0.717) is 45.1 Å². The number of ether oxygens (including phenoxy) is 3. The van der Waals surface area contributed by atoms with E-state index in [1.165, 1.54) is 33.5 Å². The van der Waals surface area contributed by atoms with Gasteiger partial charge in [0, 0.05) is 17.0 Å². The Hall–Kier alpha value is -4.07. The Morgan fingerprint density at radius 1 is 0.935 bits per heavy atom. The van der Waals surface area contributed by atoms with E-state index in [1.54, 1.807) is 30.3 Å². The van der Waals surface area contributed by atoms with E-state index in [2.05, 4.69) is 15.5 Å². The molecule has 1 amide bonds. The summed E-state index contributed by atoms with van der Waals surface area (Å²) in [7, 11) is 4.56. The Balaban J connectivity index is 1.65. The molecule has 0 aliphatic rings. The molecule has 31 heavy (non-hydrogen) atoms. The summed E-state index contributed by atoms with van der Waals surface area (Å²) < 4.78 is 29.6. The highest BCUT2D eigenvalue weighted by molar-refractivity contribution is 6.09. The van der Waals surface area contributed by atoms with Crippen molar-refractivity contribution in [3.8, 4) is 28.4 Å². The molecule has 0 saturated heterocycles. The fraction of sp³-hybridized carbons (Fsp3) is 0.130. The number of carbonyl (C=O) groups is 1. The fourth-order valence-electron chi connectivity index (χ4n) is 3.35. The van der Waals surface area contributed by atoms with Crippen molar-refractivity contribution < 1.29 is 23.4 Å². The molecule has 158 valence electrons. The molecule has 3 aromatic carbocycles. The molecule has 0 bridgehead atoms. The lowest BCUT2D eigenvalue weighted by Crippen LogP contribution is -2.13. The summed E-state index contributed by atoms with van der Waals surface area (Å²) in [5.74, 6) is 1.16. The van der Waals surface area contributed by atoms with Gasteiger partial charge in [-0.1, -0.05) is 6.07 Å². The number of aromatic amines is 1. The molecule has 0 spiro atoms. The van der Waals surface area contributed by atoms with Crippen molar-refractivity contribution >= 4 is 22.6 Å². The number of nitrogens with zero attached hydrogens (tertiary/aromatic N) is 1. The van der Waals surface area contributed by atoms with Crippen LogP contribution in [0.15, 0.2) is 54.6 Å². The number of amides is 1. The van der Waals surface area contributed by atoms with Crippen LogP contribution in [0.2, 0.25) is 0 Å². The van der Waals surface area contributed by atoms with Crippen LogP contribution < -0.4 is 19.5 Å². The summed E-state index contributed by atoms with van der Waals surface area (Å²) in [5.41, 5.74) is 2.40. The van der Waals surface area contributed by atoms with Gasteiger partial charge < -0.3 is 19.5 Å². The summed E-state index contributed by atoms with van der Waals surface area (Å²) in [4.78, 5) is 12.8. The largest absolute Gasteiger partial charge is 0.497 e. The molecular formula is C23H20FN3O4. The number of fused-ring (bicyclic) bond motifs is 1. The van der Waals surface area contributed by atoms with E-state index in [1.807, 2.05) is 12.1 Å². The lowest BCUT2D eigenvalue weighted by atomic mass is 10.0. The molecule has 0 saturated carbocycles.